The van der Waals surface area contributed by atoms with E-state index in [9.17, 15) is 4.79 Å². The van der Waals surface area contributed by atoms with Crippen LogP contribution in [-0.2, 0) is 4.74 Å². The summed E-state index contributed by atoms with van der Waals surface area (Å²) in [5, 5.41) is 0. The molecule has 110 valence electrons. The highest BCUT2D eigenvalue weighted by atomic mass is 16.6. The highest BCUT2D eigenvalue weighted by Gasteiger charge is 2.31. The van der Waals surface area contributed by atoms with Crippen molar-refractivity contribution >= 4 is 6.09 Å². The first kappa shape index (κ1) is 14.6. The molecule has 4 nitrogen and oxygen atoms in total. The van der Waals surface area contributed by atoms with Crippen molar-refractivity contribution in [2.24, 2.45) is 0 Å². The van der Waals surface area contributed by atoms with E-state index in [0.29, 0.717) is 6.04 Å². The lowest BCUT2D eigenvalue weighted by Gasteiger charge is -2.38. The Hall–Kier alpha value is -0.770. The van der Waals surface area contributed by atoms with Gasteiger partial charge in [0.15, 0.2) is 0 Å². The molecule has 0 aromatic carbocycles. The Morgan fingerprint density at radius 3 is 2.37 bits per heavy atom. The van der Waals surface area contributed by atoms with E-state index in [1.807, 2.05) is 25.7 Å². The fourth-order valence-corrected chi connectivity index (χ4v) is 3.01. The normalized spacial score (nSPS) is 25.6. The van der Waals surface area contributed by atoms with Crippen molar-refractivity contribution in [1.29, 1.82) is 0 Å². The molecule has 0 bridgehead atoms. The fraction of sp³-hybridized carbons (Fsp3) is 0.933. The van der Waals surface area contributed by atoms with Gasteiger partial charge in [0.2, 0.25) is 0 Å². The summed E-state index contributed by atoms with van der Waals surface area (Å²) in [5.41, 5.74) is -0.396. The van der Waals surface area contributed by atoms with Crippen molar-refractivity contribution in [2.75, 3.05) is 26.2 Å². The molecule has 2 heterocycles. The molecule has 0 aromatic heterocycles. The number of piperidine rings is 1. The van der Waals surface area contributed by atoms with Crippen LogP contribution in [0, 0.1) is 0 Å². The molecule has 4 heteroatoms. The molecule has 0 aromatic rings. The van der Waals surface area contributed by atoms with Gasteiger partial charge < -0.3 is 14.5 Å². The molecule has 2 aliphatic heterocycles. The van der Waals surface area contributed by atoms with Gasteiger partial charge in [0.25, 0.3) is 0 Å². The van der Waals surface area contributed by atoms with Gasteiger partial charge >= 0.3 is 6.09 Å². The van der Waals surface area contributed by atoms with Crippen LogP contribution < -0.4 is 0 Å². The molecule has 2 rings (SSSR count). The van der Waals surface area contributed by atoms with E-state index in [1.54, 1.807) is 0 Å². The van der Waals surface area contributed by atoms with E-state index in [2.05, 4.69) is 4.90 Å². The number of carbonyl (C=O) groups excluding carboxylic acids is 1. The van der Waals surface area contributed by atoms with E-state index in [0.717, 1.165) is 25.9 Å². The second kappa shape index (κ2) is 6.12. The summed E-state index contributed by atoms with van der Waals surface area (Å²) in [6.45, 7) is 10.1. The summed E-state index contributed by atoms with van der Waals surface area (Å²) < 4.78 is 5.54. The SMILES string of the molecule is CC(C)(C)OC(=O)N1CCCC[C@H]1CN1CCCC1. The van der Waals surface area contributed by atoms with Crippen molar-refractivity contribution < 1.29 is 9.53 Å². The van der Waals surface area contributed by atoms with Crippen LogP contribution in [0.1, 0.15) is 52.9 Å². The van der Waals surface area contributed by atoms with Crippen LogP contribution in [0.4, 0.5) is 4.79 Å². The second-order valence-corrected chi connectivity index (χ2v) is 6.83. The lowest BCUT2D eigenvalue weighted by molar-refractivity contribution is 0.00603. The van der Waals surface area contributed by atoms with Gasteiger partial charge in [0, 0.05) is 19.1 Å². The predicted molar refractivity (Wildman–Crippen MR) is 76.3 cm³/mol. The molecular weight excluding hydrogens is 240 g/mol. The molecule has 0 N–H and O–H groups in total. The van der Waals surface area contributed by atoms with E-state index >= 15 is 0 Å². The number of amides is 1. The third-order valence-corrected chi connectivity index (χ3v) is 3.92. The van der Waals surface area contributed by atoms with Crippen molar-refractivity contribution in [2.45, 2.75) is 64.5 Å². The first-order chi connectivity index (χ1) is 8.96. The Bertz CT molecular complexity index is 306. The van der Waals surface area contributed by atoms with Crippen molar-refractivity contribution in [3.05, 3.63) is 0 Å². The number of carbonyl (C=O) groups is 1. The fourth-order valence-electron chi connectivity index (χ4n) is 3.01. The number of likely N-dealkylation sites (tertiary alicyclic amines) is 2. The Morgan fingerprint density at radius 1 is 1.11 bits per heavy atom. The van der Waals surface area contributed by atoms with Gasteiger partial charge in [0.05, 0.1) is 0 Å². The molecule has 0 saturated carbocycles. The molecule has 19 heavy (non-hydrogen) atoms. The maximum Gasteiger partial charge on any atom is 0.410 e. The maximum atomic E-state index is 12.3. The molecule has 0 aliphatic carbocycles. The zero-order valence-corrected chi connectivity index (χ0v) is 12.7. The third kappa shape index (κ3) is 4.37. The monoisotopic (exact) mass is 268 g/mol. The van der Waals surface area contributed by atoms with Crippen LogP contribution in [0.5, 0.6) is 0 Å². The minimum absolute atomic E-state index is 0.128. The van der Waals surface area contributed by atoms with Gasteiger partial charge in [-0.2, -0.15) is 0 Å². The minimum Gasteiger partial charge on any atom is -0.444 e. The number of hydrogen-bond donors (Lipinski definition) is 0. The van der Waals surface area contributed by atoms with Crippen LogP contribution in [0.15, 0.2) is 0 Å². The number of rotatable bonds is 2. The van der Waals surface area contributed by atoms with Crippen molar-refractivity contribution in [3.8, 4) is 0 Å². The smallest absolute Gasteiger partial charge is 0.410 e. The molecule has 1 amide bonds. The van der Waals surface area contributed by atoms with E-state index < -0.39 is 5.60 Å². The standard InChI is InChI=1S/C15H28N2O2/c1-15(2,3)19-14(18)17-11-5-4-8-13(17)12-16-9-6-7-10-16/h13H,4-12H2,1-3H3/t13-/m0/s1. The largest absolute Gasteiger partial charge is 0.444 e. The molecular formula is C15H28N2O2. The highest BCUT2D eigenvalue weighted by molar-refractivity contribution is 5.68. The Kier molecular flexibility index (Phi) is 4.71. The van der Waals surface area contributed by atoms with E-state index in [-0.39, 0.29) is 6.09 Å². The summed E-state index contributed by atoms with van der Waals surface area (Å²) in [6.07, 6.45) is 5.94. The molecule has 2 aliphatic rings. The number of hydrogen-bond acceptors (Lipinski definition) is 3. The second-order valence-electron chi connectivity index (χ2n) is 6.83. The quantitative estimate of drug-likeness (QED) is 0.772. The summed E-state index contributed by atoms with van der Waals surface area (Å²) in [7, 11) is 0. The topological polar surface area (TPSA) is 32.8 Å². The maximum absolute atomic E-state index is 12.3. The van der Waals surface area contributed by atoms with Crippen LogP contribution >= 0.6 is 0 Å². The zero-order chi connectivity index (χ0) is 13.9. The molecule has 0 unspecified atom stereocenters. The van der Waals surface area contributed by atoms with E-state index in [1.165, 1.54) is 32.4 Å². The Balaban J connectivity index is 1.92. The summed E-state index contributed by atoms with van der Waals surface area (Å²) >= 11 is 0. The van der Waals surface area contributed by atoms with Gasteiger partial charge in [-0.15, -0.1) is 0 Å². The first-order valence-corrected chi connectivity index (χ1v) is 7.68. The number of nitrogens with zero attached hydrogens (tertiary/aromatic N) is 2. The van der Waals surface area contributed by atoms with Gasteiger partial charge in [-0.3, -0.25) is 0 Å². The third-order valence-electron chi connectivity index (χ3n) is 3.92. The average Bonchev–Trinajstić information content (AvgIpc) is 2.80. The average molecular weight is 268 g/mol. The van der Waals surface area contributed by atoms with Gasteiger partial charge in [0.1, 0.15) is 5.60 Å². The lowest BCUT2D eigenvalue weighted by atomic mass is 10.0. The van der Waals surface area contributed by atoms with Crippen molar-refractivity contribution in [3.63, 3.8) is 0 Å². The van der Waals surface area contributed by atoms with Crippen LogP contribution in [0.3, 0.4) is 0 Å². The zero-order valence-electron chi connectivity index (χ0n) is 12.7. The van der Waals surface area contributed by atoms with Crippen LogP contribution in [-0.4, -0.2) is 53.7 Å². The molecule has 2 fully saturated rings. The lowest BCUT2D eigenvalue weighted by Crippen LogP contribution is -2.50. The van der Waals surface area contributed by atoms with Gasteiger partial charge in [-0.1, -0.05) is 0 Å². The summed E-state index contributed by atoms with van der Waals surface area (Å²) in [5.74, 6) is 0. The highest BCUT2D eigenvalue weighted by Crippen LogP contribution is 2.22. The first-order valence-electron chi connectivity index (χ1n) is 7.68. The van der Waals surface area contributed by atoms with Crippen LogP contribution in [0.2, 0.25) is 0 Å². The number of ether oxygens (including phenoxy) is 1. The molecule has 0 spiro atoms. The molecule has 0 radical (unpaired) electrons. The minimum atomic E-state index is -0.396. The van der Waals surface area contributed by atoms with Gasteiger partial charge in [-0.25, -0.2) is 4.79 Å². The molecule has 1 atom stereocenters. The summed E-state index contributed by atoms with van der Waals surface area (Å²) in [4.78, 5) is 16.7. The predicted octanol–water partition coefficient (Wildman–Crippen LogP) is 2.87. The van der Waals surface area contributed by atoms with E-state index in [4.69, 9.17) is 4.74 Å². The Labute approximate surface area is 117 Å². The summed E-state index contributed by atoms with van der Waals surface area (Å²) in [6, 6.07) is 0.349. The van der Waals surface area contributed by atoms with Crippen LogP contribution in [0.25, 0.3) is 0 Å². The Morgan fingerprint density at radius 2 is 1.74 bits per heavy atom. The van der Waals surface area contributed by atoms with Gasteiger partial charge in [-0.05, 0) is 66.0 Å². The van der Waals surface area contributed by atoms with Crippen molar-refractivity contribution in [1.82, 2.24) is 9.80 Å². The molecule has 2 saturated heterocycles.